The molecule has 0 aliphatic heterocycles. The fourth-order valence-electron chi connectivity index (χ4n) is 4.98. The second-order valence-electron chi connectivity index (χ2n) is 9.29. The summed E-state index contributed by atoms with van der Waals surface area (Å²) in [6.45, 7) is 0. The fraction of sp³-hybridized carbons (Fsp3) is 0.0690. The number of rotatable bonds is 5. The summed E-state index contributed by atoms with van der Waals surface area (Å²) in [7, 11) is 3.73. The number of aromatic amines is 1. The Morgan fingerprint density at radius 2 is 1.82 bits per heavy atom. The van der Waals surface area contributed by atoms with E-state index in [9.17, 15) is 13.6 Å². The van der Waals surface area contributed by atoms with Gasteiger partial charge < -0.3 is 9.30 Å². The minimum Gasteiger partial charge on any atom is -0.454 e. The molecule has 8 nitrogen and oxygen atoms in total. The number of aryl methyl sites for hydroxylation is 2. The Kier molecular flexibility index (Phi) is 4.93. The molecule has 0 radical (unpaired) electrons. The van der Waals surface area contributed by atoms with Crippen LogP contribution in [0, 0.1) is 11.6 Å². The topological polar surface area (TPSA) is 82.1 Å². The van der Waals surface area contributed by atoms with Gasteiger partial charge in [-0.15, -0.1) is 0 Å². The van der Waals surface area contributed by atoms with Crippen LogP contribution in [0.1, 0.15) is 16.1 Å². The van der Waals surface area contributed by atoms with Crippen LogP contribution in [0.2, 0.25) is 0 Å². The first-order valence-corrected chi connectivity index (χ1v) is 12.1. The Hall–Kier alpha value is -5.25. The van der Waals surface area contributed by atoms with Gasteiger partial charge in [-0.1, -0.05) is 18.2 Å². The molecule has 0 atom stereocenters. The normalized spacial score (nSPS) is 11.7. The number of carbonyl (C=O) groups excluding carboxylic acids is 1. The Balaban J connectivity index is 1.29. The molecule has 1 N–H and O–H groups in total. The van der Waals surface area contributed by atoms with Crippen molar-refractivity contribution < 1.29 is 18.3 Å². The molecule has 0 amide bonds. The Bertz CT molecular complexity index is 2080. The van der Waals surface area contributed by atoms with Gasteiger partial charge in [-0.05, 0) is 42.5 Å². The van der Waals surface area contributed by atoms with Crippen LogP contribution in [0.4, 0.5) is 8.78 Å². The summed E-state index contributed by atoms with van der Waals surface area (Å²) in [6, 6.07) is 18.5. The first-order chi connectivity index (χ1) is 18.9. The highest BCUT2D eigenvalue weighted by molar-refractivity contribution is 6.15. The molecule has 0 bridgehead atoms. The Morgan fingerprint density at radius 1 is 0.974 bits per heavy atom. The summed E-state index contributed by atoms with van der Waals surface area (Å²) in [4.78, 5) is 18.5. The number of H-pyrrole nitrogens is 1. The lowest BCUT2D eigenvalue weighted by Crippen LogP contribution is -2.06. The number of nitrogens with one attached hydrogen (secondary N) is 1. The van der Waals surface area contributed by atoms with E-state index >= 15 is 0 Å². The monoisotopic (exact) mass is 522 g/mol. The van der Waals surface area contributed by atoms with Crippen molar-refractivity contribution in [3.05, 3.63) is 102 Å². The molecule has 0 unspecified atom stereocenters. The quantitative estimate of drug-likeness (QED) is 0.281. The molecule has 3 aromatic carbocycles. The number of nitrogens with zero attached hydrogens (tertiary/aromatic N) is 5. The van der Waals surface area contributed by atoms with E-state index in [4.69, 9.17) is 4.74 Å². The molecule has 0 spiro atoms. The molecule has 39 heavy (non-hydrogen) atoms. The number of carbonyl (C=O) groups is 1. The van der Waals surface area contributed by atoms with Crippen LogP contribution in [-0.4, -0.2) is 34.7 Å². The maximum Gasteiger partial charge on any atom is 0.214 e. The van der Waals surface area contributed by atoms with E-state index in [2.05, 4.69) is 15.2 Å². The molecule has 10 heteroatoms. The van der Waals surface area contributed by atoms with Gasteiger partial charge in [0.1, 0.15) is 5.75 Å². The lowest BCUT2D eigenvalue weighted by molar-refractivity contribution is 0.103. The fourth-order valence-corrected chi connectivity index (χ4v) is 4.98. The average Bonchev–Trinajstić information content (AvgIpc) is 3.69. The average molecular weight is 523 g/mol. The number of ketones is 1. The number of aromatic nitrogens is 6. The summed E-state index contributed by atoms with van der Waals surface area (Å²) in [5, 5.41) is 8.55. The third-order valence-electron chi connectivity index (χ3n) is 6.90. The van der Waals surface area contributed by atoms with E-state index in [0.717, 1.165) is 28.2 Å². The number of ether oxygens (including phenoxy) is 1. The van der Waals surface area contributed by atoms with Crippen LogP contribution in [0.15, 0.2) is 79.1 Å². The second-order valence-corrected chi connectivity index (χ2v) is 9.29. The second kappa shape index (κ2) is 8.38. The van der Waals surface area contributed by atoms with Crippen molar-refractivity contribution in [1.82, 2.24) is 28.9 Å². The molecule has 4 heterocycles. The number of imidazole rings is 1. The summed E-state index contributed by atoms with van der Waals surface area (Å²) >= 11 is 0. The van der Waals surface area contributed by atoms with Crippen molar-refractivity contribution >= 4 is 33.4 Å². The highest BCUT2D eigenvalue weighted by atomic mass is 19.2. The number of hydrogen-bond donors (Lipinski definition) is 1. The zero-order valence-corrected chi connectivity index (χ0v) is 20.8. The standard InChI is InChI=1S/C29H20F2N6O2/c1-35-12-11-21(34-35)17-5-3-7-23-18(17)14-25(36(23)2)28(38)19-15-32-37-24-10-9-16(13-22(24)33-29(19)37)39-26-8-4-6-20(30)27(26)31/h3-15,32H,1-2H3. The van der Waals surface area contributed by atoms with Gasteiger partial charge in [-0.3, -0.25) is 14.6 Å². The molecule has 0 saturated heterocycles. The van der Waals surface area contributed by atoms with E-state index < -0.39 is 11.6 Å². The third-order valence-corrected chi connectivity index (χ3v) is 6.90. The highest BCUT2D eigenvalue weighted by Gasteiger charge is 2.23. The zero-order chi connectivity index (χ0) is 26.8. The van der Waals surface area contributed by atoms with Crippen molar-refractivity contribution in [1.29, 1.82) is 0 Å². The largest absolute Gasteiger partial charge is 0.454 e. The predicted molar refractivity (Wildman–Crippen MR) is 142 cm³/mol. The zero-order valence-electron chi connectivity index (χ0n) is 20.8. The molecular weight excluding hydrogens is 502 g/mol. The van der Waals surface area contributed by atoms with Gasteiger partial charge in [0.25, 0.3) is 0 Å². The van der Waals surface area contributed by atoms with E-state index in [1.54, 1.807) is 33.6 Å². The third kappa shape index (κ3) is 3.52. The van der Waals surface area contributed by atoms with Crippen molar-refractivity contribution in [3.8, 4) is 22.8 Å². The Labute approximate surface area is 219 Å². The number of benzene rings is 3. The van der Waals surface area contributed by atoms with Crippen LogP contribution in [0.5, 0.6) is 11.5 Å². The van der Waals surface area contributed by atoms with Crippen molar-refractivity contribution in [3.63, 3.8) is 0 Å². The van der Waals surface area contributed by atoms with Crippen molar-refractivity contribution in [2.75, 3.05) is 0 Å². The van der Waals surface area contributed by atoms with Gasteiger partial charge in [0.15, 0.2) is 17.2 Å². The first kappa shape index (κ1) is 22.9. The van der Waals surface area contributed by atoms with E-state index in [1.165, 1.54) is 12.1 Å². The number of hydrogen-bond acceptors (Lipinski definition) is 4. The van der Waals surface area contributed by atoms with E-state index in [-0.39, 0.29) is 17.3 Å². The maximum absolute atomic E-state index is 14.1. The molecule has 7 rings (SSSR count). The van der Waals surface area contributed by atoms with Gasteiger partial charge in [0, 0.05) is 49.0 Å². The number of halogens is 2. The van der Waals surface area contributed by atoms with Gasteiger partial charge in [-0.25, -0.2) is 13.9 Å². The van der Waals surface area contributed by atoms with E-state index in [1.807, 2.05) is 55.2 Å². The van der Waals surface area contributed by atoms with Crippen LogP contribution >= 0.6 is 0 Å². The summed E-state index contributed by atoms with van der Waals surface area (Å²) in [5.74, 6) is -2.19. The predicted octanol–water partition coefficient (Wildman–Crippen LogP) is 6.01. The van der Waals surface area contributed by atoms with Crippen molar-refractivity contribution in [2.45, 2.75) is 0 Å². The van der Waals surface area contributed by atoms with Crippen LogP contribution in [0.3, 0.4) is 0 Å². The first-order valence-electron chi connectivity index (χ1n) is 12.1. The summed E-state index contributed by atoms with van der Waals surface area (Å²) < 4.78 is 38.6. The van der Waals surface area contributed by atoms with E-state index in [0.29, 0.717) is 27.9 Å². The smallest absolute Gasteiger partial charge is 0.214 e. The Morgan fingerprint density at radius 3 is 2.64 bits per heavy atom. The SMILES string of the molecule is Cn1ccc(-c2cccc3c2cc(C(=O)c2c[nH]n4c2nc2cc(Oc5cccc(F)c5F)ccc24)n3C)n1. The molecule has 192 valence electrons. The maximum atomic E-state index is 14.1. The lowest BCUT2D eigenvalue weighted by atomic mass is 10.1. The van der Waals surface area contributed by atoms with Gasteiger partial charge >= 0.3 is 0 Å². The summed E-state index contributed by atoms with van der Waals surface area (Å²) in [6.07, 6.45) is 3.52. The van der Waals surface area contributed by atoms with Gasteiger partial charge in [0.05, 0.1) is 28.0 Å². The molecule has 4 aromatic heterocycles. The van der Waals surface area contributed by atoms with Crippen molar-refractivity contribution in [2.24, 2.45) is 14.1 Å². The lowest BCUT2D eigenvalue weighted by Gasteiger charge is -2.06. The molecule has 0 aliphatic rings. The van der Waals surface area contributed by atoms with Crippen LogP contribution in [-0.2, 0) is 14.1 Å². The minimum absolute atomic E-state index is 0.194. The summed E-state index contributed by atoms with van der Waals surface area (Å²) in [5.41, 5.74) is 5.25. The van der Waals surface area contributed by atoms with Gasteiger partial charge in [0.2, 0.25) is 11.6 Å². The van der Waals surface area contributed by atoms with Gasteiger partial charge in [-0.2, -0.15) is 9.49 Å². The van der Waals surface area contributed by atoms with Crippen LogP contribution < -0.4 is 4.74 Å². The molecule has 0 saturated carbocycles. The molecular formula is C29H20F2N6O2. The van der Waals surface area contributed by atoms with Crippen LogP contribution in [0.25, 0.3) is 38.8 Å². The number of fused-ring (bicyclic) bond motifs is 4. The highest BCUT2D eigenvalue weighted by Crippen LogP contribution is 2.32. The molecule has 0 aliphatic carbocycles. The molecule has 0 fully saturated rings. The minimum atomic E-state index is -1.07. The molecule has 7 aromatic rings.